The predicted octanol–water partition coefficient (Wildman–Crippen LogP) is 3.54. The molecule has 1 aliphatic rings. The SMILES string of the molecule is CC(=O)Nc1ccc(CNC2CCOC2c2ccc(F)c(F)c2)cc1. The summed E-state index contributed by atoms with van der Waals surface area (Å²) < 4.78 is 32.3. The minimum Gasteiger partial charge on any atom is -0.372 e. The monoisotopic (exact) mass is 346 g/mol. The zero-order chi connectivity index (χ0) is 17.8. The van der Waals surface area contributed by atoms with Crippen molar-refractivity contribution in [2.24, 2.45) is 0 Å². The van der Waals surface area contributed by atoms with Crippen LogP contribution in [0.15, 0.2) is 42.5 Å². The third kappa shape index (κ3) is 4.41. The molecule has 132 valence electrons. The van der Waals surface area contributed by atoms with E-state index in [1.807, 2.05) is 24.3 Å². The van der Waals surface area contributed by atoms with Gasteiger partial charge < -0.3 is 15.4 Å². The van der Waals surface area contributed by atoms with Gasteiger partial charge in [0.2, 0.25) is 5.91 Å². The summed E-state index contributed by atoms with van der Waals surface area (Å²) in [6, 6.07) is 11.5. The molecule has 0 saturated carbocycles. The van der Waals surface area contributed by atoms with E-state index >= 15 is 0 Å². The Hall–Kier alpha value is -2.31. The lowest BCUT2D eigenvalue weighted by molar-refractivity contribution is -0.114. The fourth-order valence-electron chi connectivity index (χ4n) is 2.97. The van der Waals surface area contributed by atoms with E-state index in [9.17, 15) is 13.6 Å². The molecule has 0 spiro atoms. The fourth-order valence-corrected chi connectivity index (χ4v) is 2.97. The Morgan fingerprint density at radius 2 is 1.92 bits per heavy atom. The van der Waals surface area contributed by atoms with Crippen LogP contribution in [0.5, 0.6) is 0 Å². The maximum absolute atomic E-state index is 13.5. The molecule has 1 fully saturated rings. The number of carbonyl (C=O) groups is 1. The van der Waals surface area contributed by atoms with Gasteiger partial charge in [0.05, 0.1) is 6.10 Å². The van der Waals surface area contributed by atoms with Gasteiger partial charge in [-0.2, -0.15) is 0 Å². The molecule has 2 atom stereocenters. The quantitative estimate of drug-likeness (QED) is 0.871. The van der Waals surface area contributed by atoms with E-state index < -0.39 is 11.6 Å². The minimum absolute atomic E-state index is 0.0277. The second kappa shape index (κ2) is 7.72. The van der Waals surface area contributed by atoms with Gasteiger partial charge in [0.15, 0.2) is 11.6 Å². The number of carbonyl (C=O) groups excluding carboxylic acids is 1. The molecule has 4 nitrogen and oxygen atoms in total. The summed E-state index contributed by atoms with van der Waals surface area (Å²) in [6.07, 6.45) is 0.502. The molecule has 0 radical (unpaired) electrons. The third-order valence-corrected chi connectivity index (χ3v) is 4.21. The Morgan fingerprint density at radius 1 is 1.16 bits per heavy atom. The zero-order valence-electron chi connectivity index (χ0n) is 13.9. The molecule has 1 amide bonds. The van der Waals surface area contributed by atoms with Gasteiger partial charge in [-0.15, -0.1) is 0 Å². The van der Waals surface area contributed by atoms with Gasteiger partial charge in [0.1, 0.15) is 0 Å². The Bertz CT molecular complexity index is 750. The Kier molecular flexibility index (Phi) is 5.40. The highest BCUT2D eigenvalue weighted by molar-refractivity contribution is 5.88. The van der Waals surface area contributed by atoms with Crippen LogP contribution in [0.1, 0.15) is 30.6 Å². The van der Waals surface area contributed by atoms with Crippen LogP contribution < -0.4 is 10.6 Å². The summed E-state index contributed by atoms with van der Waals surface area (Å²) >= 11 is 0. The van der Waals surface area contributed by atoms with E-state index in [4.69, 9.17) is 4.74 Å². The Labute approximate surface area is 145 Å². The molecule has 1 aliphatic heterocycles. The first-order valence-corrected chi connectivity index (χ1v) is 8.19. The highest BCUT2D eigenvalue weighted by Gasteiger charge is 2.29. The maximum atomic E-state index is 13.5. The smallest absolute Gasteiger partial charge is 0.221 e. The molecule has 0 bridgehead atoms. The summed E-state index contributed by atoms with van der Waals surface area (Å²) in [5.74, 6) is -1.82. The van der Waals surface area contributed by atoms with Crippen molar-refractivity contribution in [1.82, 2.24) is 5.32 Å². The number of ether oxygens (including phenoxy) is 1. The molecule has 0 aliphatic carbocycles. The number of nitrogens with one attached hydrogen (secondary N) is 2. The van der Waals surface area contributed by atoms with Gasteiger partial charge in [-0.1, -0.05) is 18.2 Å². The van der Waals surface area contributed by atoms with Crippen LogP contribution in [0, 0.1) is 11.6 Å². The van der Waals surface area contributed by atoms with E-state index in [0.29, 0.717) is 18.7 Å². The Balaban J connectivity index is 1.61. The van der Waals surface area contributed by atoms with Crippen LogP contribution in [-0.2, 0) is 16.1 Å². The first-order chi connectivity index (χ1) is 12.0. The Morgan fingerprint density at radius 3 is 2.60 bits per heavy atom. The molecule has 6 heteroatoms. The molecule has 1 heterocycles. The van der Waals surface area contributed by atoms with Gasteiger partial charge in [-0.05, 0) is 41.8 Å². The standard InChI is InChI=1S/C19H20F2N2O2/c1-12(24)23-15-5-2-13(3-6-15)11-22-18-8-9-25-19(18)14-4-7-16(20)17(21)10-14/h2-7,10,18-19,22H,8-9,11H2,1H3,(H,23,24). The molecular weight excluding hydrogens is 326 g/mol. The lowest BCUT2D eigenvalue weighted by Crippen LogP contribution is -2.31. The first-order valence-electron chi connectivity index (χ1n) is 8.19. The van der Waals surface area contributed by atoms with Crippen molar-refractivity contribution in [3.8, 4) is 0 Å². The topological polar surface area (TPSA) is 50.4 Å². The summed E-state index contributed by atoms with van der Waals surface area (Å²) in [6.45, 7) is 2.66. The number of benzene rings is 2. The highest BCUT2D eigenvalue weighted by Crippen LogP contribution is 2.30. The maximum Gasteiger partial charge on any atom is 0.221 e. The molecule has 1 saturated heterocycles. The molecule has 2 unspecified atom stereocenters. The van der Waals surface area contributed by atoms with Gasteiger partial charge >= 0.3 is 0 Å². The largest absolute Gasteiger partial charge is 0.372 e. The second-order valence-corrected chi connectivity index (χ2v) is 6.12. The van der Waals surface area contributed by atoms with E-state index in [1.54, 1.807) is 6.07 Å². The van der Waals surface area contributed by atoms with Crippen molar-refractivity contribution in [1.29, 1.82) is 0 Å². The van der Waals surface area contributed by atoms with Crippen molar-refractivity contribution in [3.05, 3.63) is 65.2 Å². The van der Waals surface area contributed by atoms with Crippen molar-refractivity contribution in [3.63, 3.8) is 0 Å². The number of anilines is 1. The van der Waals surface area contributed by atoms with Crippen molar-refractivity contribution in [2.45, 2.75) is 32.0 Å². The van der Waals surface area contributed by atoms with Gasteiger partial charge in [0.25, 0.3) is 0 Å². The average molecular weight is 346 g/mol. The van der Waals surface area contributed by atoms with Crippen LogP contribution in [0.4, 0.5) is 14.5 Å². The molecule has 2 N–H and O–H groups in total. The number of rotatable bonds is 5. The van der Waals surface area contributed by atoms with Gasteiger partial charge in [-0.25, -0.2) is 8.78 Å². The molecule has 2 aromatic carbocycles. The van der Waals surface area contributed by atoms with Crippen molar-refractivity contribution < 1.29 is 18.3 Å². The first kappa shape index (κ1) is 17.5. The summed E-state index contributed by atoms with van der Waals surface area (Å²) in [5.41, 5.74) is 2.44. The highest BCUT2D eigenvalue weighted by atomic mass is 19.2. The van der Waals surface area contributed by atoms with Gasteiger partial charge in [0, 0.05) is 31.8 Å². The van der Waals surface area contributed by atoms with Gasteiger partial charge in [-0.3, -0.25) is 4.79 Å². The number of hydrogen-bond acceptors (Lipinski definition) is 3. The van der Waals surface area contributed by atoms with Crippen LogP contribution in [0.2, 0.25) is 0 Å². The number of amides is 1. The predicted molar refractivity (Wildman–Crippen MR) is 91.0 cm³/mol. The number of halogens is 2. The van der Waals surface area contributed by atoms with E-state index in [-0.39, 0.29) is 18.1 Å². The molecule has 2 aromatic rings. The van der Waals surface area contributed by atoms with E-state index in [0.717, 1.165) is 23.7 Å². The molecule has 3 rings (SSSR count). The van der Waals surface area contributed by atoms with Crippen molar-refractivity contribution >= 4 is 11.6 Å². The summed E-state index contributed by atoms with van der Waals surface area (Å²) in [4.78, 5) is 11.0. The summed E-state index contributed by atoms with van der Waals surface area (Å²) in [5, 5.41) is 6.13. The van der Waals surface area contributed by atoms with Crippen LogP contribution >= 0.6 is 0 Å². The summed E-state index contributed by atoms with van der Waals surface area (Å²) in [7, 11) is 0. The molecule has 25 heavy (non-hydrogen) atoms. The zero-order valence-corrected chi connectivity index (χ0v) is 13.9. The average Bonchev–Trinajstić information content (AvgIpc) is 3.05. The third-order valence-electron chi connectivity index (χ3n) is 4.21. The molecular formula is C19H20F2N2O2. The minimum atomic E-state index is -0.861. The lowest BCUT2D eigenvalue weighted by atomic mass is 10.0. The van der Waals surface area contributed by atoms with Crippen LogP contribution in [-0.4, -0.2) is 18.6 Å². The fraction of sp³-hybridized carbons (Fsp3) is 0.316. The van der Waals surface area contributed by atoms with Crippen LogP contribution in [0.25, 0.3) is 0 Å². The second-order valence-electron chi connectivity index (χ2n) is 6.12. The van der Waals surface area contributed by atoms with E-state index in [1.165, 1.54) is 13.0 Å². The van der Waals surface area contributed by atoms with Crippen molar-refractivity contribution in [2.75, 3.05) is 11.9 Å². The molecule has 0 aromatic heterocycles. The lowest BCUT2D eigenvalue weighted by Gasteiger charge is -2.20. The number of hydrogen-bond donors (Lipinski definition) is 2. The van der Waals surface area contributed by atoms with Crippen LogP contribution in [0.3, 0.4) is 0 Å². The van der Waals surface area contributed by atoms with E-state index in [2.05, 4.69) is 10.6 Å². The normalized spacial score (nSPS) is 19.8.